The quantitative estimate of drug-likeness (QED) is 0.403. The molecule has 2 heterocycles. The Hall–Kier alpha value is -1.99. The number of nitrogens with zero attached hydrogens (tertiary/aromatic N) is 1. The standard InChI is InChI=1S/C20H11BrCl2N2O2S/c21-12-2-1-3-13(9-12)24-20-25-19(26)18(28-20)10-14-5-7-17(27-14)11-4-6-15(22)16(23)8-11/h1-10H,(H,24,25,26)/b18-10+. The average Bonchev–Trinajstić information content (AvgIpc) is 3.25. The van der Waals surface area contributed by atoms with Crippen molar-refractivity contribution in [3.63, 3.8) is 0 Å². The van der Waals surface area contributed by atoms with Crippen LogP contribution in [-0.4, -0.2) is 11.1 Å². The first-order chi connectivity index (χ1) is 13.5. The molecule has 0 saturated carbocycles. The lowest BCUT2D eigenvalue weighted by Crippen LogP contribution is -2.19. The van der Waals surface area contributed by atoms with E-state index in [-0.39, 0.29) is 5.91 Å². The summed E-state index contributed by atoms with van der Waals surface area (Å²) in [6, 6.07) is 16.4. The number of amides is 1. The highest BCUT2D eigenvalue weighted by Crippen LogP contribution is 2.32. The van der Waals surface area contributed by atoms with Crippen molar-refractivity contribution in [3.05, 3.63) is 79.8 Å². The Morgan fingerprint density at radius 3 is 2.71 bits per heavy atom. The Morgan fingerprint density at radius 2 is 1.93 bits per heavy atom. The molecule has 2 aromatic carbocycles. The van der Waals surface area contributed by atoms with Crippen LogP contribution in [0.2, 0.25) is 10.0 Å². The minimum absolute atomic E-state index is 0.216. The molecule has 0 radical (unpaired) electrons. The smallest absolute Gasteiger partial charge is 0.264 e. The molecule has 1 fully saturated rings. The van der Waals surface area contributed by atoms with Gasteiger partial charge in [-0.05, 0) is 60.3 Å². The molecule has 1 amide bonds. The number of carbonyl (C=O) groups is 1. The monoisotopic (exact) mass is 492 g/mol. The van der Waals surface area contributed by atoms with E-state index in [2.05, 4.69) is 26.2 Å². The van der Waals surface area contributed by atoms with Crippen LogP contribution in [0.3, 0.4) is 0 Å². The van der Waals surface area contributed by atoms with E-state index in [1.807, 2.05) is 36.4 Å². The minimum atomic E-state index is -0.216. The zero-order valence-corrected chi connectivity index (χ0v) is 18.0. The topological polar surface area (TPSA) is 54.6 Å². The van der Waals surface area contributed by atoms with Gasteiger partial charge in [0.05, 0.1) is 20.6 Å². The normalized spacial score (nSPS) is 16.8. The van der Waals surface area contributed by atoms with Gasteiger partial charge in [-0.3, -0.25) is 4.79 Å². The molecule has 1 aliphatic rings. The Kier molecular flexibility index (Phi) is 5.64. The maximum atomic E-state index is 12.2. The summed E-state index contributed by atoms with van der Waals surface area (Å²) in [5, 5.41) is 4.22. The van der Waals surface area contributed by atoms with Gasteiger partial charge in [-0.25, -0.2) is 4.99 Å². The highest BCUT2D eigenvalue weighted by atomic mass is 79.9. The number of carbonyl (C=O) groups excluding carboxylic acids is 1. The number of amidine groups is 1. The molecule has 1 saturated heterocycles. The Bertz CT molecular complexity index is 1140. The van der Waals surface area contributed by atoms with E-state index >= 15 is 0 Å². The summed E-state index contributed by atoms with van der Waals surface area (Å²) in [5.74, 6) is 0.977. The van der Waals surface area contributed by atoms with Gasteiger partial charge in [0.2, 0.25) is 0 Å². The van der Waals surface area contributed by atoms with Gasteiger partial charge in [0.25, 0.3) is 5.91 Å². The predicted molar refractivity (Wildman–Crippen MR) is 119 cm³/mol. The van der Waals surface area contributed by atoms with Crippen LogP contribution in [0, 0.1) is 0 Å². The number of halogens is 3. The van der Waals surface area contributed by atoms with Crippen LogP contribution in [0.1, 0.15) is 5.76 Å². The van der Waals surface area contributed by atoms with E-state index in [4.69, 9.17) is 27.6 Å². The molecule has 0 aliphatic carbocycles. The van der Waals surface area contributed by atoms with Crippen molar-refractivity contribution in [2.45, 2.75) is 0 Å². The summed E-state index contributed by atoms with van der Waals surface area (Å²) < 4.78 is 6.75. The summed E-state index contributed by atoms with van der Waals surface area (Å²) in [6.07, 6.45) is 1.68. The minimum Gasteiger partial charge on any atom is -0.457 e. The summed E-state index contributed by atoms with van der Waals surface area (Å²) in [4.78, 5) is 17.2. The second kappa shape index (κ2) is 8.17. The summed E-state index contributed by atoms with van der Waals surface area (Å²) in [7, 11) is 0. The number of nitrogens with one attached hydrogen (secondary N) is 1. The Balaban J connectivity index is 1.55. The first-order valence-electron chi connectivity index (χ1n) is 8.08. The van der Waals surface area contributed by atoms with Gasteiger partial charge in [-0.1, -0.05) is 45.2 Å². The van der Waals surface area contributed by atoms with Crippen LogP contribution in [-0.2, 0) is 4.79 Å². The summed E-state index contributed by atoms with van der Waals surface area (Å²) in [5.41, 5.74) is 1.55. The molecule has 4 nitrogen and oxygen atoms in total. The van der Waals surface area contributed by atoms with Gasteiger partial charge in [0.15, 0.2) is 5.17 Å². The fraction of sp³-hybridized carbons (Fsp3) is 0. The largest absolute Gasteiger partial charge is 0.457 e. The third-order valence-electron chi connectivity index (χ3n) is 3.79. The van der Waals surface area contributed by atoms with Crippen LogP contribution in [0.4, 0.5) is 5.69 Å². The van der Waals surface area contributed by atoms with Crippen molar-refractivity contribution in [2.24, 2.45) is 4.99 Å². The van der Waals surface area contributed by atoms with E-state index in [0.717, 1.165) is 15.7 Å². The van der Waals surface area contributed by atoms with E-state index in [1.165, 1.54) is 11.8 Å². The van der Waals surface area contributed by atoms with Gasteiger partial charge < -0.3 is 9.73 Å². The van der Waals surface area contributed by atoms with E-state index in [1.54, 1.807) is 24.3 Å². The van der Waals surface area contributed by atoms with Crippen LogP contribution < -0.4 is 5.32 Å². The van der Waals surface area contributed by atoms with Crippen molar-refractivity contribution in [1.82, 2.24) is 5.32 Å². The Morgan fingerprint density at radius 1 is 1.07 bits per heavy atom. The SMILES string of the molecule is O=C1NC(=Nc2cccc(Br)c2)S/C1=C/c1ccc(-c2ccc(Cl)c(Cl)c2)o1. The fourth-order valence-corrected chi connectivity index (χ4v) is 4.01. The average molecular weight is 494 g/mol. The first-order valence-corrected chi connectivity index (χ1v) is 10.4. The predicted octanol–water partition coefficient (Wildman–Crippen LogP) is 6.91. The number of furan rings is 1. The highest BCUT2D eigenvalue weighted by Gasteiger charge is 2.24. The van der Waals surface area contributed by atoms with E-state index in [0.29, 0.717) is 31.6 Å². The van der Waals surface area contributed by atoms with Crippen LogP contribution in [0.15, 0.2) is 73.4 Å². The first kappa shape index (κ1) is 19.3. The molecule has 1 aliphatic heterocycles. The van der Waals surface area contributed by atoms with Crippen molar-refractivity contribution in [2.75, 3.05) is 0 Å². The van der Waals surface area contributed by atoms with Crippen molar-refractivity contribution in [3.8, 4) is 11.3 Å². The molecule has 4 rings (SSSR count). The molecule has 140 valence electrons. The highest BCUT2D eigenvalue weighted by molar-refractivity contribution is 9.10. The number of hydrogen-bond donors (Lipinski definition) is 1. The summed E-state index contributed by atoms with van der Waals surface area (Å²) >= 11 is 16.7. The lowest BCUT2D eigenvalue weighted by molar-refractivity contribution is -0.115. The zero-order valence-electron chi connectivity index (χ0n) is 14.1. The molecule has 3 aromatic rings. The zero-order chi connectivity index (χ0) is 19.7. The lowest BCUT2D eigenvalue weighted by atomic mass is 10.2. The number of benzene rings is 2. The molecule has 0 unspecified atom stereocenters. The van der Waals surface area contributed by atoms with Crippen molar-refractivity contribution >= 4 is 73.7 Å². The number of hydrogen-bond acceptors (Lipinski definition) is 4. The molecule has 0 bridgehead atoms. The number of rotatable bonds is 3. The van der Waals surface area contributed by atoms with Crippen LogP contribution >= 0.6 is 50.9 Å². The van der Waals surface area contributed by atoms with Gasteiger partial charge in [-0.15, -0.1) is 0 Å². The maximum absolute atomic E-state index is 12.2. The van der Waals surface area contributed by atoms with E-state index < -0.39 is 0 Å². The fourth-order valence-electron chi connectivity index (χ4n) is 2.51. The molecule has 0 atom stereocenters. The second-order valence-electron chi connectivity index (χ2n) is 5.79. The van der Waals surface area contributed by atoms with Crippen LogP contribution in [0.25, 0.3) is 17.4 Å². The van der Waals surface area contributed by atoms with Crippen molar-refractivity contribution < 1.29 is 9.21 Å². The lowest BCUT2D eigenvalue weighted by Gasteiger charge is -1.99. The molecule has 8 heteroatoms. The van der Waals surface area contributed by atoms with Gasteiger partial charge >= 0.3 is 0 Å². The summed E-state index contributed by atoms with van der Waals surface area (Å²) in [6.45, 7) is 0. The molecule has 0 spiro atoms. The maximum Gasteiger partial charge on any atom is 0.264 e. The molecular weight excluding hydrogens is 483 g/mol. The van der Waals surface area contributed by atoms with Crippen LogP contribution in [0.5, 0.6) is 0 Å². The van der Waals surface area contributed by atoms with Gasteiger partial charge in [0, 0.05) is 16.1 Å². The van der Waals surface area contributed by atoms with E-state index in [9.17, 15) is 4.79 Å². The van der Waals surface area contributed by atoms with Gasteiger partial charge in [-0.2, -0.15) is 0 Å². The molecule has 1 N–H and O–H groups in total. The molecule has 1 aromatic heterocycles. The third-order valence-corrected chi connectivity index (χ3v) is 5.94. The number of thioether (sulfide) groups is 1. The molecule has 28 heavy (non-hydrogen) atoms. The second-order valence-corrected chi connectivity index (χ2v) is 8.55. The third kappa shape index (κ3) is 4.36. The number of aliphatic imine (C=N–C) groups is 1. The molecular formula is C20H11BrCl2N2O2S. The van der Waals surface area contributed by atoms with Crippen molar-refractivity contribution in [1.29, 1.82) is 0 Å². The Labute approximate surface area is 183 Å². The van der Waals surface area contributed by atoms with Gasteiger partial charge in [0.1, 0.15) is 11.5 Å².